The average molecular weight is 376 g/mol. The van der Waals surface area contributed by atoms with Crippen molar-refractivity contribution in [2.24, 2.45) is 5.10 Å². The molecule has 0 heterocycles. The van der Waals surface area contributed by atoms with E-state index in [0.29, 0.717) is 11.4 Å². The van der Waals surface area contributed by atoms with Gasteiger partial charge < -0.3 is 10.1 Å². The lowest BCUT2D eigenvalue weighted by Crippen LogP contribution is -2.32. The minimum atomic E-state index is -0.857. The van der Waals surface area contributed by atoms with Gasteiger partial charge in [0.25, 0.3) is 0 Å². The number of hydrogen-bond acceptors (Lipinski definition) is 4. The van der Waals surface area contributed by atoms with E-state index in [1.54, 1.807) is 49.6 Å². The topological polar surface area (TPSA) is 79.8 Å². The summed E-state index contributed by atoms with van der Waals surface area (Å²) in [6.45, 7) is 0. The Kier molecular flexibility index (Phi) is 5.87. The Morgan fingerprint density at radius 1 is 1.13 bits per heavy atom. The molecule has 0 fully saturated rings. The van der Waals surface area contributed by atoms with Crippen LogP contribution in [0.3, 0.4) is 0 Å². The SMILES string of the molecule is COc1cccc(/C=N\NC(=O)C(=O)Nc2cccc(Br)c2)c1. The molecule has 0 spiro atoms. The highest BCUT2D eigenvalue weighted by atomic mass is 79.9. The number of hydrogen-bond donors (Lipinski definition) is 2. The number of nitrogens with one attached hydrogen (secondary N) is 2. The standard InChI is InChI=1S/C16H14BrN3O3/c1-23-14-7-2-4-11(8-14)10-18-20-16(22)15(21)19-13-6-3-5-12(17)9-13/h2-10H,1H3,(H,19,21)(H,20,22)/b18-10-. The molecule has 2 amide bonds. The number of rotatable bonds is 4. The lowest BCUT2D eigenvalue weighted by molar-refractivity contribution is -0.136. The number of methoxy groups -OCH3 is 1. The first-order valence-electron chi connectivity index (χ1n) is 6.62. The molecule has 0 aliphatic carbocycles. The molecule has 0 aliphatic heterocycles. The summed E-state index contributed by atoms with van der Waals surface area (Å²) in [6, 6.07) is 14.0. The van der Waals surface area contributed by atoms with E-state index in [4.69, 9.17) is 4.74 Å². The fraction of sp³-hybridized carbons (Fsp3) is 0.0625. The van der Waals surface area contributed by atoms with Crippen LogP contribution in [0.4, 0.5) is 5.69 Å². The van der Waals surface area contributed by atoms with E-state index in [2.05, 4.69) is 31.8 Å². The van der Waals surface area contributed by atoms with E-state index in [1.807, 2.05) is 6.07 Å². The molecule has 6 nitrogen and oxygen atoms in total. The maximum atomic E-state index is 11.7. The summed E-state index contributed by atoms with van der Waals surface area (Å²) in [5, 5.41) is 6.22. The number of anilines is 1. The normalized spacial score (nSPS) is 10.3. The third-order valence-corrected chi connectivity index (χ3v) is 3.26. The maximum Gasteiger partial charge on any atom is 0.329 e. The lowest BCUT2D eigenvalue weighted by atomic mass is 10.2. The highest BCUT2D eigenvalue weighted by Gasteiger charge is 2.12. The molecule has 2 aromatic rings. The van der Waals surface area contributed by atoms with Crippen molar-refractivity contribution < 1.29 is 14.3 Å². The number of amides is 2. The second-order valence-corrected chi connectivity index (χ2v) is 5.36. The number of hydrazone groups is 1. The van der Waals surface area contributed by atoms with Crippen LogP contribution >= 0.6 is 15.9 Å². The fourth-order valence-corrected chi connectivity index (χ4v) is 2.09. The number of benzene rings is 2. The Labute approximate surface area is 141 Å². The van der Waals surface area contributed by atoms with Gasteiger partial charge in [-0.15, -0.1) is 0 Å². The molecule has 0 atom stereocenters. The predicted molar refractivity (Wildman–Crippen MR) is 91.5 cm³/mol. The van der Waals surface area contributed by atoms with Gasteiger partial charge in [0, 0.05) is 10.2 Å². The van der Waals surface area contributed by atoms with Gasteiger partial charge in [0.2, 0.25) is 0 Å². The first-order chi connectivity index (χ1) is 11.1. The zero-order valence-electron chi connectivity index (χ0n) is 12.2. The molecule has 0 radical (unpaired) electrons. The molecule has 2 N–H and O–H groups in total. The Hall–Kier alpha value is -2.67. The predicted octanol–water partition coefficient (Wildman–Crippen LogP) is 2.55. The molecule has 7 heteroatoms. The van der Waals surface area contributed by atoms with Crippen molar-refractivity contribution in [1.82, 2.24) is 5.43 Å². The first-order valence-corrected chi connectivity index (χ1v) is 7.42. The van der Waals surface area contributed by atoms with Crippen LogP contribution in [0.25, 0.3) is 0 Å². The second kappa shape index (κ2) is 8.09. The van der Waals surface area contributed by atoms with E-state index < -0.39 is 11.8 Å². The summed E-state index contributed by atoms with van der Waals surface area (Å²) in [5.74, 6) is -0.984. The summed E-state index contributed by atoms with van der Waals surface area (Å²) < 4.78 is 5.88. The highest BCUT2D eigenvalue weighted by molar-refractivity contribution is 9.10. The van der Waals surface area contributed by atoms with Gasteiger partial charge in [-0.05, 0) is 35.9 Å². The molecular formula is C16H14BrN3O3. The highest BCUT2D eigenvalue weighted by Crippen LogP contribution is 2.15. The van der Waals surface area contributed by atoms with Gasteiger partial charge in [-0.3, -0.25) is 9.59 Å². The summed E-state index contributed by atoms with van der Waals surface area (Å²) in [6.07, 6.45) is 1.42. The van der Waals surface area contributed by atoms with Crippen LogP contribution in [0.15, 0.2) is 58.1 Å². The number of carbonyl (C=O) groups excluding carboxylic acids is 2. The summed E-state index contributed by atoms with van der Waals surface area (Å²) in [5.41, 5.74) is 3.41. The summed E-state index contributed by atoms with van der Waals surface area (Å²) >= 11 is 3.28. The minimum absolute atomic E-state index is 0.510. The Morgan fingerprint density at radius 3 is 2.65 bits per heavy atom. The van der Waals surface area contributed by atoms with Crippen molar-refractivity contribution >= 4 is 39.6 Å². The van der Waals surface area contributed by atoms with Crippen molar-refractivity contribution in [2.45, 2.75) is 0 Å². The molecule has 2 aromatic carbocycles. The average Bonchev–Trinajstić information content (AvgIpc) is 2.55. The first kappa shape index (κ1) is 16.7. The molecule has 0 unspecified atom stereocenters. The maximum absolute atomic E-state index is 11.7. The van der Waals surface area contributed by atoms with Crippen molar-refractivity contribution in [3.05, 3.63) is 58.6 Å². The third kappa shape index (κ3) is 5.23. The summed E-state index contributed by atoms with van der Waals surface area (Å²) in [7, 11) is 1.56. The second-order valence-electron chi connectivity index (χ2n) is 4.44. The fourth-order valence-electron chi connectivity index (χ4n) is 1.69. The van der Waals surface area contributed by atoms with Crippen LogP contribution < -0.4 is 15.5 Å². The van der Waals surface area contributed by atoms with Crippen LogP contribution in [0.1, 0.15) is 5.56 Å². The minimum Gasteiger partial charge on any atom is -0.497 e. The lowest BCUT2D eigenvalue weighted by Gasteiger charge is -2.04. The van der Waals surface area contributed by atoms with Crippen molar-refractivity contribution in [1.29, 1.82) is 0 Å². The molecule has 0 aliphatic rings. The molecule has 23 heavy (non-hydrogen) atoms. The zero-order chi connectivity index (χ0) is 16.7. The molecule has 0 saturated carbocycles. The zero-order valence-corrected chi connectivity index (χ0v) is 13.8. The van der Waals surface area contributed by atoms with Crippen LogP contribution in [-0.2, 0) is 9.59 Å². The number of carbonyl (C=O) groups is 2. The largest absolute Gasteiger partial charge is 0.497 e. The van der Waals surface area contributed by atoms with Gasteiger partial charge in [-0.1, -0.05) is 34.1 Å². The molecular weight excluding hydrogens is 362 g/mol. The Morgan fingerprint density at radius 2 is 1.91 bits per heavy atom. The van der Waals surface area contributed by atoms with Crippen LogP contribution in [0.5, 0.6) is 5.75 Å². The van der Waals surface area contributed by atoms with E-state index in [-0.39, 0.29) is 0 Å². The third-order valence-electron chi connectivity index (χ3n) is 2.76. The van der Waals surface area contributed by atoms with E-state index in [0.717, 1.165) is 10.0 Å². The van der Waals surface area contributed by atoms with Crippen molar-refractivity contribution in [2.75, 3.05) is 12.4 Å². The van der Waals surface area contributed by atoms with Crippen LogP contribution in [0, 0.1) is 0 Å². The van der Waals surface area contributed by atoms with E-state index in [1.165, 1.54) is 6.21 Å². The van der Waals surface area contributed by atoms with Gasteiger partial charge in [-0.25, -0.2) is 5.43 Å². The molecule has 2 rings (SSSR count). The van der Waals surface area contributed by atoms with Crippen molar-refractivity contribution in [3.63, 3.8) is 0 Å². The Bertz CT molecular complexity index is 747. The quantitative estimate of drug-likeness (QED) is 0.489. The van der Waals surface area contributed by atoms with Gasteiger partial charge >= 0.3 is 11.8 Å². The van der Waals surface area contributed by atoms with Gasteiger partial charge in [0.1, 0.15) is 5.75 Å². The monoisotopic (exact) mass is 375 g/mol. The van der Waals surface area contributed by atoms with Crippen molar-refractivity contribution in [3.8, 4) is 5.75 Å². The van der Waals surface area contributed by atoms with Crippen LogP contribution in [-0.4, -0.2) is 25.1 Å². The van der Waals surface area contributed by atoms with Gasteiger partial charge in [0.15, 0.2) is 0 Å². The van der Waals surface area contributed by atoms with E-state index in [9.17, 15) is 9.59 Å². The Balaban J connectivity index is 1.90. The number of ether oxygens (including phenoxy) is 1. The molecule has 118 valence electrons. The molecule has 0 bridgehead atoms. The van der Waals surface area contributed by atoms with Crippen LogP contribution in [0.2, 0.25) is 0 Å². The number of halogens is 1. The molecule has 0 saturated heterocycles. The van der Waals surface area contributed by atoms with Gasteiger partial charge in [0.05, 0.1) is 13.3 Å². The van der Waals surface area contributed by atoms with E-state index >= 15 is 0 Å². The summed E-state index contributed by atoms with van der Waals surface area (Å²) in [4.78, 5) is 23.4. The number of nitrogens with zero attached hydrogens (tertiary/aromatic N) is 1. The smallest absolute Gasteiger partial charge is 0.329 e. The molecule has 0 aromatic heterocycles. The van der Waals surface area contributed by atoms with Gasteiger partial charge in [-0.2, -0.15) is 5.10 Å².